The van der Waals surface area contributed by atoms with Gasteiger partial charge in [0.2, 0.25) is 0 Å². The Morgan fingerprint density at radius 1 is 1.40 bits per heavy atom. The van der Waals surface area contributed by atoms with Crippen molar-refractivity contribution in [2.45, 2.75) is 12.2 Å². The van der Waals surface area contributed by atoms with Gasteiger partial charge in [-0.15, -0.1) is 0 Å². The summed E-state index contributed by atoms with van der Waals surface area (Å²) in [5.41, 5.74) is 0.331. The van der Waals surface area contributed by atoms with E-state index in [1.54, 1.807) is 18.2 Å². The molecule has 2 atom stereocenters. The fraction of sp³-hybridized carbons (Fsp3) is 0.400. The van der Waals surface area contributed by atoms with E-state index in [2.05, 4.69) is 0 Å². The van der Waals surface area contributed by atoms with Crippen molar-refractivity contribution < 1.29 is 20.1 Å². The molecule has 0 heterocycles. The van der Waals surface area contributed by atoms with Gasteiger partial charge >= 0.3 is 0 Å². The zero-order valence-corrected chi connectivity index (χ0v) is 8.98. The first-order valence-corrected chi connectivity index (χ1v) is 4.79. The van der Waals surface area contributed by atoms with E-state index in [1.165, 1.54) is 7.11 Å². The van der Waals surface area contributed by atoms with Gasteiger partial charge in [0.05, 0.1) is 18.7 Å². The van der Waals surface area contributed by atoms with Gasteiger partial charge in [-0.25, -0.2) is 0 Å². The first-order valence-electron chi connectivity index (χ1n) is 4.41. The number of hydrogen-bond acceptors (Lipinski definition) is 4. The molecular weight excluding hydrogens is 220 g/mol. The molecule has 0 spiro atoms. The average molecular weight is 233 g/mol. The molecule has 0 saturated carbocycles. The highest BCUT2D eigenvalue weighted by molar-refractivity contribution is 6.32. The minimum atomic E-state index is -1.25. The van der Waals surface area contributed by atoms with Crippen molar-refractivity contribution in [3.05, 3.63) is 28.8 Å². The fourth-order valence-electron chi connectivity index (χ4n) is 1.22. The molecule has 2 unspecified atom stereocenters. The Hall–Kier alpha value is -0.810. The van der Waals surface area contributed by atoms with Crippen LogP contribution >= 0.6 is 11.6 Å². The summed E-state index contributed by atoms with van der Waals surface area (Å²) in [7, 11) is 1.46. The lowest BCUT2D eigenvalue weighted by molar-refractivity contribution is -0.0152. The molecule has 15 heavy (non-hydrogen) atoms. The molecule has 1 rings (SSSR count). The van der Waals surface area contributed by atoms with Crippen LogP contribution in [0.25, 0.3) is 0 Å². The molecule has 0 amide bonds. The summed E-state index contributed by atoms with van der Waals surface area (Å²) in [4.78, 5) is 0. The molecule has 0 bridgehead atoms. The average Bonchev–Trinajstić information content (AvgIpc) is 2.27. The largest absolute Gasteiger partial charge is 0.495 e. The van der Waals surface area contributed by atoms with Gasteiger partial charge in [0.25, 0.3) is 0 Å². The Bertz CT molecular complexity index is 329. The molecule has 84 valence electrons. The molecular formula is C10H13ClO4. The predicted molar refractivity (Wildman–Crippen MR) is 56.1 cm³/mol. The summed E-state index contributed by atoms with van der Waals surface area (Å²) in [6.07, 6.45) is -2.48. The minimum Gasteiger partial charge on any atom is -0.495 e. The quantitative estimate of drug-likeness (QED) is 0.716. The highest BCUT2D eigenvalue weighted by Gasteiger charge is 2.21. The second kappa shape index (κ2) is 5.32. The second-order valence-corrected chi connectivity index (χ2v) is 3.44. The normalized spacial score (nSPS) is 14.7. The van der Waals surface area contributed by atoms with Crippen molar-refractivity contribution in [3.8, 4) is 5.75 Å². The highest BCUT2D eigenvalue weighted by Crippen LogP contribution is 2.32. The molecule has 3 N–H and O–H groups in total. The van der Waals surface area contributed by atoms with Crippen LogP contribution in [0.5, 0.6) is 5.75 Å². The Balaban J connectivity index is 3.03. The van der Waals surface area contributed by atoms with Crippen LogP contribution in [0.15, 0.2) is 18.2 Å². The summed E-state index contributed by atoms with van der Waals surface area (Å²) in [5, 5.41) is 27.8. The third kappa shape index (κ3) is 2.60. The zero-order valence-electron chi connectivity index (χ0n) is 8.22. The monoisotopic (exact) mass is 232 g/mol. The van der Waals surface area contributed by atoms with E-state index in [9.17, 15) is 10.2 Å². The first-order chi connectivity index (χ1) is 7.11. The predicted octanol–water partition coefficient (Wildman–Crippen LogP) is 0.735. The third-order valence-corrected chi connectivity index (χ3v) is 2.49. The van der Waals surface area contributed by atoms with E-state index in [4.69, 9.17) is 21.4 Å². The SMILES string of the molecule is COc1cccc(C(O)C(O)CO)c1Cl. The molecule has 5 heteroatoms. The van der Waals surface area contributed by atoms with Crippen LogP contribution in [-0.4, -0.2) is 35.1 Å². The standard InChI is InChI=1S/C10H13ClO4/c1-15-8-4-2-3-6(9(8)11)10(14)7(13)5-12/h2-4,7,10,12-14H,5H2,1H3. The lowest BCUT2D eigenvalue weighted by Crippen LogP contribution is -2.22. The van der Waals surface area contributed by atoms with Crippen LogP contribution in [0, 0.1) is 0 Å². The number of hydrogen-bond donors (Lipinski definition) is 3. The topological polar surface area (TPSA) is 69.9 Å². The Morgan fingerprint density at radius 3 is 2.60 bits per heavy atom. The molecule has 0 aliphatic rings. The van der Waals surface area contributed by atoms with Gasteiger partial charge in [-0.05, 0) is 6.07 Å². The smallest absolute Gasteiger partial charge is 0.137 e. The second-order valence-electron chi connectivity index (χ2n) is 3.06. The molecule has 0 fully saturated rings. The molecule has 0 radical (unpaired) electrons. The number of aliphatic hydroxyl groups is 3. The van der Waals surface area contributed by atoms with Crippen LogP contribution in [0.2, 0.25) is 5.02 Å². The lowest BCUT2D eigenvalue weighted by atomic mass is 10.0. The van der Waals surface area contributed by atoms with E-state index in [1.807, 2.05) is 0 Å². The molecule has 0 saturated heterocycles. The van der Waals surface area contributed by atoms with Gasteiger partial charge in [0, 0.05) is 5.56 Å². The lowest BCUT2D eigenvalue weighted by Gasteiger charge is -2.18. The third-order valence-electron chi connectivity index (χ3n) is 2.08. The zero-order chi connectivity index (χ0) is 11.4. The van der Waals surface area contributed by atoms with Gasteiger partial charge in [0.15, 0.2) is 0 Å². The van der Waals surface area contributed by atoms with Crippen molar-refractivity contribution >= 4 is 11.6 Å². The van der Waals surface area contributed by atoms with Gasteiger partial charge in [-0.1, -0.05) is 23.7 Å². The van der Waals surface area contributed by atoms with Crippen molar-refractivity contribution in [2.24, 2.45) is 0 Å². The summed E-state index contributed by atoms with van der Waals surface area (Å²) in [6, 6.07) is 4.85. The summed E-state index contributed by atoms with van der Waals surface area (Å²) in [5.74, 6) is 0.415. The van der Waals surface area contributed by atoms with Crippen LogP contribution in [0.1, 0.15) is 11.7 Å². The summed E-state index contributed by atoms with van der Waals surface area (Å²) in [6.45, 7) is -0.533. The van der Waals surface area contributed by atoms with Crippen molar-refractivity contribution in [1.29, 1.82) is 0 Å². The number of halogens is 1. The number of methoxy groups -OCH3 is 1. The number of rotatable bonds is 4. The van der Waals surface area contributed by atoms with Gasteiger partial charge in [0.1, 0.15) is 18.0 Å². The van der Waals surface area contributed by atoms with Gasteiger partial charge < -0.3 is 20.1 Å². The van der Waals surface area contributed by atoms with E-state index >= 15 is 0 Å². The Labute approximate surface area is 92.7 Å². The van der Waals surface area contributed by atoms with Crippen molar-refractivity contribution in [1.82, 2.24) is 0 Å². The summed E-state index contributed by atoms with van der Waals surface area (Å²) < 4.78 is 4.96. The van der Waals surface area contributed by atoms with Crippen LogP contribution in [0.4, 0.5) is 0 Å². The van der Waals surface area contributed by atoms with E-state index in [-0.39, 0.29) is 5.02 Å². The highest BCUT2D eigenvalue weighted by atomic mass is 35.5. The Morgan fingerprint density at radius 2 is 2.07 bits per heavy atom. The first kappa shape index (κ1) is 12.3. The van der Waals surface area contributed by atoms with E-state index < -0.39 is 18.8 Å². The number of aliphatic hydroxyl groups excluding tert-OH is 3. The maximum atomic E-state index is 9.64. The molecule has 1 aromatic carbocycles. The van der Waals surface area contributed by atoms with Crippen LogP contribution < -0.4 is 4.74 Å². The van der Waals surface area contributed by atoms with E-state index in [0.717, 1.165) is 0 Å². The van der Waals surface area contributed by atoms with Crippen LogP contribution in [0.3, 0.4) is 0 Å². The fourth-order valence-corrected chi connectivity index (χ4v) is 1.54. The van der Waals surface area contributed by atoms with E-state index in [0.29, 0.717) is 11.3 Å². The number of ether oxygens (including phenoxy) is 1. The van der Waals surface area contributed by atoms with Crippen molar-refractivity contribution in [2.75, 3.05) is 13.7 Å². The van der Waals surface area contributed by atoms with Crippen molar-refractivity contribution in [3.63, 3.8) is 0 Å². The molecule has 0 aliphatic heterocycles. The van der Waals surface area contributed by atoms with Crippen LogP contribution in [-0.2, 0) is 0 Å². The summed E-state index contributed by atoms with van der Waals surface area (Å²) >= 11 is 5.93. The van der Waals surface area contributed by atoms with Gasteiger partial charge in [-0.3, -0.25) is 0 Å². The minimum absolute atomic E-state index is 0.236. The van der Waals surface area contributed by atoms with Gasteiger partial charge in [-0.2, -0.15) is 0 Å². The molecule has 4 nitrogen and oxygen atoms in total. The Kier molecular flexibility index (Phi) is 4.35. The molecule has 1 aromatic rings. The number of benzene rings is 1. The maximum absolute atomic E-state index is 9.64. The molecule has 0 aliphatic carbocycles. The maximum Gasteiger partial charge on any atom is 0.137 e. The molecule has 0 aromatic heterocycles.